The number of thiophene rings is 1. The molecule has 0 bridgehead atoms. The third kappa shape index (κ3) is 3.80. The van der Waals surface area contributed by atoms with Gasteiger partial charge in [0.2, 0.25) is 0 Å². The van der Waals surface area contributed by atoms with Gasteiger partial charge in [-0.1, -0.05) is 6.07 Å². The molecule has 2 heterocycles. The Morgan fingerprint density at radius 1 is 1.72 bits per heavy atom. The summed E-state index contributed by atoms with van der Waals surface area (Å²) in [5.41, 5.74) is 0. The van der Waals surface area contributed by atoms with Gasteiger partial charge in [0.15, 0.2) is 0 Å². The molecule has 0 saturated carbocycles. The van der Waals surface area contributed by atoms with Crippen molar-refractivity contribution in [2.75, 3.05) is 20.3 Å². The smallest absolute Gasteiger partial charge is 0.307 e. The quantitative estimate of drug-likeness (QED) is 0.804. The summed E-state index contributed by atoms with van der Waals surface area (Å²) in [5, 5.41) is 5.44. The molecule has 2 rings (SSSR count). The van der Waals surface area contributed by atoms with Gasteiger partial charge in [-0.25, -0.2) is 0 Å². The molecule has 2 atom stereocenters. The second-order valence-electron chi connectivity index (χ2n) is 4.39. The van der Waals surface area contributed by atoms with Gasteiger partial charge in [0.25, 0.3) is 0 Å². The topological polar surface area (TPSA) is 47.6 Å². The van der Waals surface area contributed by atoms with Gasteiger partial charge in [-0.15, -0.1) is 11.3 Å². The number of rotatable bonds is 6. The summed E-state index contributed by atoms with van der Waals surface area (Å²) in [5.74, 6) is -0.187. The fraction of sp³-hybridized carbons (Fsp3) is 0.615. The summed E-state index contributed by atoms with van der Waals surface area (Å²) in [7, 11) is 1.42. The van der Waals surface area contributed by atoms with Crippen LogP contribution in [0.1, 0.15) is 30.2 Å². The highest BCUT2D eigenvalue weighted by molar-refractivity contribution is 7.10. The first-order valence-corrected chi connectivity index (χ1v) is 7.12. The molecule has 1 aromatic heterocycles. The minimum Gasteiger partial charge on any atom is -0.469 e. The normalized spacial score (nSPS) is 20.8. The van der Waals surface area contributed by atoms with Crippen molar-refractivity contribution < 1.29 is 14.3 Å². The van der Waals surface area contributed by atoms with Gasteiger partial charge in [-0.3, -0.25) is 4.79 Å². The molecule has 1 aliphatic heterocycles. The summed E-state index contributed by atoms with van der Waals surface area (Å²) in [4.78, 5) is 12.6. The molecule has 1 aliphatic rings. The lowest BCUT2D eigenvalue weighted by Crippen LogP contribution is -2.31. The molecule has 18 heavy (non-hydrogen) atoms. The van der Waals surface area contributed by atoms with Crippen LogP contribution in [0.3, 0.4) is 0 Å². The number of carbonyl (C=O) groups excluding carboxylic acids is 1. The molecule has 1 fully saturated rings. The number of ether oxygens (including phenoxy) is 2. The molecule has 2 unspecified atom stereocenters. The van der Waals surface area contributed by atoms with Crippen molar-refractivity contribution in [3.05, 3.63) is 22.4 Å². The van der Waals surface area contributed by atoms with Crippen molar-refractivity contribution in [2.24, 2.45) is 0 Å². The molecule has 1 N–H and O–H groups in total. The molecular formula is C13H19NO3S. The van der Waals surface area contributed by atoms with Crippen LogP contribution in [0.4, 0.5) is 0 Å². The predicted octanol–water partition coefficient (Wildman–Crippen LogP) is 2.12. The van der Waals surface area contributed by atoms with Crippen molar-refractivity contribution in [1.82, 2.24) is 5.32 Å². The molecule has 100 valence electrons. The second-order valence-corrected chi connectivity index (χ2v) is 5.37. The van der Waals surface area contributed by atoms with Crippen LogP contribution in [0.25, 0.3) is 0 Å². The highest BCUT2D eigenvalue weighted by Gasteiger charge is 2.21. The first-order chi connectivity index (χ1) is 8.79. The highest BCUT2D eigenvalue weighted by Crippen LogP contribution is 2.23. The fourth-order valence-electron chi connectivity index (χ4n) is 2.09. The fourth-order valence-corrected chi connectivity index (χ4v) is 2.89. The molecule has 1 aromatic rings. The number of hydrogen-bond donors (Lipinski definition) is 1. The molecule has 4 nitrogen and oxygen atoms in total. The molecule has 0 aromatic carbocycles. The van der Waals surface area contributed by atoms with Gasteiger partial charge >= 0.3 is 5.97 Å². The third-order valence-corrected chi connectivity index (χ3v) is 4.09. The molecule has 0 aliphatic carbocycles. The van der Waals surface area contributed by atoms with Gasteiger partial charge < -0.3 is 14.8 Å². The maximum absolute atomic E-state index is 11.4. The van der Waals surface area contributed by atoms with E-state index in [1.54, 1.807) is 11.3 Å². The van der Waals surface area contributed by atoms with Crippen molar-refractivity contribution in [3.8, 4) is 0 Å². The van der Waals surface area contributed by atoms with Crippen molar-refractivity contribution >= 4 is 17.3 Å². The zero-order chi connectivity index (χ0) is 12.8. The summed E-state index contributed by atoms with van der Waals surface area (Å²) in [6.07, 6.45) is 2.88. The van der Waals surface area contributed by atoms with E-state index in [-0.39, 0.29) is 18.1 Å². The lowest BCUT2D eigenvalue weighted by atomic mass is 10.1. The molecular weight excluding hydrogens is 250 g/mol. The van der Waals surface area contributed by atoms with E-state index in [2.05, 4.69) is 5.32 Å². The zero-order valence-electron chi connectivity index (χ0n) is 10.6. The Balaban J connectivity index is 1.89. The van der Waals surface area contributed by atoms with Gasteiger partial charge in [-0.05, 0) is 24.3 Å². The zero-order valence-corrected chi connectivity index (χ0v) is 11.4. The van der Waals surface area contributed by atoms with Crippen molar-refractivity contribution in [3.63, 3.8) is 0 Å². The maximum atomic E-state index is 11.4. The number of methoxy groups -OCH3 is 1. The van der Waals surface area contributed by atoms with E-state index < -0.39 is 0 Å². The predicted molar refractivity (Wildman–Crippen MR) is 70.7 cm³/mol. The van der Waals surface area contributed by atoms with E-state index in [9.17, 15) is 4.79 Å². The number of hydrogen-bond acceptors (Lipinski definition) is 5. The Morgan fingerprint density at radius 3 is 3.22 bits per heavy atom. The van der Waals surface area contributed by atoms with Gasteiger partial charge in [0.05, 0.1) is 25.7 Å². The largest absolute Gasteiger partial charge is 0.469 e. The van der Waals surface area contributed by atoms with Gasteiger partial charge in [-0.2, -0.15) is 0 Å². The summed E-state index contributed by atoms with van der Waals surface area (Å²) in [6, 6.07) is 4.07. The minimum atomic E-state index is -0.187. The minimum absolute atomic E-state index is 0.0293. The van der Waals surface area contributed by atoms with Crippen molar-refractivity contribution in [2.45, 2.75) is 31.4 Å². The van der Waals surface area contributed by atoms with Crippen molar-refractivity contribution in [1.29, 1.82) is 0 Å². The lowest BCUT2D eigenvalue weighted by molar-refractivity contribution is -0.141. The van der Waals surface area contributed by atoms with E-state index in [0.717, 1.165) is 26.0 Å². The SMILES string of the molecule is COC(=O)CC(NCC1CCCO1)c1cccs1. The van der Waals surface area contributed by atoms with E-state index >= 15 is 0 Å². The Labute approximate surface area is 111 Å². The van der Waals surface area contributed by atoms with E-state index in [4.69, 9.17) is 9.47 Å². The monoisotopic (exact) mass is 269 g/mol. The Kier molecular flexibility index (Phi) is 5.16. The van der Waals surface area contributed by atoms with Crippen LogP contribution in [-0.2, 0) is 14.3 Å². The summed E-state index contributed by atoms with van der Waals surface area (Å²) in [6.45, 7) is 1.65. The summed E-state index contributed by atoms with van der Waals surface area (Å²) < 4.78 is 10.3. The Hall–Kier alpha value is -0.910. The van der Waals surface area contributed by atoms with Gasteiger partial charge in [0, 0.05) is 18.0 Å². The Morgan fingerprint density at radius 2 is 2.61 bits per heavy atom. The van der Waals surface area contributed by atoms with E-state index in [1.165, 1.54) is 12.0 Å². The van der Waals surface area contributed by atoms with Crippen LogP contribution in [0.5, 0.6) is 0 Å². The molecule has 5 heteroatoms. The summed E-state index contributed by atoms with van der Waals surface area (Å²) >= 11 is 1.65. The van der Waals surface area contributed by atoms with Crippen LogP contribution in [0, 0.1) is 0 Å². The molecule has 0 amide bonds. The second kappa shape index (κ2) is 6.87. The Bertz CT molecular complexity index is 360. The average molecular weight is 269 g/mol. The van der Waals surface area contributed by atoms with E-state index in [0.29, 0.717) is 6.42 Å². The lowest BCUT2D eigenvalue weighted by Gasteiger charge is -2.18. The molecule has 0 spiro atoms. The van der Waals surface area contributed by atoms with E-state index in [1.807, 2.05) is 17.5 Å². The van der Waals surface area contributed by atoms with Crippen LogP contribution >= 0.6 is 11.3 Å². The first-order valence-electron chi connectivity index (χ1n) is 6.25. The highest BCUT2D eigenvalue weighted by atomic mass is 32.1. The molecule has 1 saturated heterocycles. The third-order valence-electron chi connectivity index (χ3n) is 3.10. The first kappa shape index (κ1) is 13.5. The van der Waals surface area contributed by atoms with Crippen LogP contribution in [0.15, 0.2) is 17.5 Å². The van der Waals surface area contributed by atoms with Crippen LogP contribution < -0.4 is 5.32 Å². The number of nitrogens with one attached hydrogen (secondary N) is 1. The molecule has 0 radical (unpaired) electrons. The standard InChI is InChI=1S/C13H19NO3S/c1-16-13(15)8-11(12-5-3-7-18-12)14-9-10-4-2-6-17-10/h3,5,7,10-11,14H,2,4,6,8-9H2,1H3. The maximum Gasteiger partial charge on any atom is 0.307 e. The number of carbonyl (C=O) groups is 1. The van der Waals surface area contributed by atoms with Crippen LogP contribution in [0.2, 0.25) is 0 Å². The van der Waals surface area contributed by atoms with Crippen LogP contribution in [-0.4, -0.2) is 32.3 Å². The van der Waals surface area contributed by atoms with Gasteiger partial charge in [0.1, 0.15) is 0 Å². The number of esters is 1. The average Bonchev–Trinajstić information content (AvgIpc) is 3.06.